The lowest BCUT2D eigenvalue weighted by molar-refractivity contribution is 0.601. The van der Waals surface area contributed by atoms with E-state index in [4.69, 9.17) is 23.2 Å². The lowest BCUT2D eigenvalue weighted by atomic mass is 10.1. The Morgan fingerprint density at radius 1 is 1.00 bits per heavy atom. The van der Waals surface area contributed by atoms with Crippen molar-refractivity contribution in [3.8, 4) is 0 Å². The number of halogens is 2. The van der Waals surface area contributed by atoms with Crippen LogP contribution in [0.4, 0.5) is 5.69 Å². The summed E-state index contributed by atoms with van der Waals surface area (Å²) in [5, 5.41) is 0.502. The first-order valence-electron chi connectivity index (χ1n) is 9.22. The number of fused-ring (bicyclic) bond motifs is 1. The van der Waals surface area contributed by atoms with Crippen LogP contribution in [0.2, 0.25) is 10.0 Å². The number of aromatic nitrogens is 2. The van der Waals surface area contributed by atoms with E-state index in [-0.39, 0.29) is 14.9 Å². The van der Waals surface area contributed by atoms with Crippen LogP contribution in [-0.4, -0.2) is 18.0 Å². The van der Waals surface area contributed by atoms with Gasteiger partial charge in [-0.05, 0) is 54.8 Å². The van der Waals surface area contributed by atoms with E-state index in [1.807, 2.05) is 54.8 Å². The number of anilines is 1. The molecule has 0 radical (unpaired) electrons. The molecule has 0 amide bonds. The molecule has 8 heteroatoms. The van der Waals surface area contributed by atoms with E-state index in [0.29, 0.717) is 17.7 Å². The minimum Gasteiger partial charge on any atom is -0.326 e. The van der Waals surface area contributed by atoms with E-state index in [0.717, 1.165) is 22.2 Å². The number of nitrogens with zero attached hydrogens (tertiary/aromatic N) is 2. The Bertz CT molecular complexity index is 1330. The van der Waals surface area contributed by atoms with Gasteiger partial charge < -0.3 is 4.57 Å². The zero-order valence-electron chi connectivity index (χ0n) is 16.4. The van der Waals surface area contributed by atoms with Crippen molar-refractivity contribution in [1.82, 2.24) is 9.55 Å². The maximum atomic E-state index is 13.0. The first kappa shape index (κ1) is 20.7. The van der Waals surface area contributed by atoms with Gasteiger partial charge in [0.1, 0.15) is 5.52 Å². The van der Waals surface area contributed by atoms with Crippen LogP contribution in [0.15, 0.2) is 65.8 Å². The van der Waals surface area contributed by atoms with Crippen molar-refractivity contribution in [2.45, 2.75) is 25.3 Å². The zero-order valence-corrected chi connectivity index (χ0v) is 18.7. The van der Waals surface area contributed by atoms with Crippen molar-refractivity contribution in [1.29, 1.82) is 0 Å². The normalized spacial score (nSPS) is 11.7. The third-order valence-corrected chi connectivity index (χ3v) is 6.78. The number of nitrogens with one attached hydrogen (secondary N) is 1. The summed E-state index contributed by atoms with van der Waals surface area (Å²) in [4.78, 5) is 4.51. The van der Waals surface area contributed by atoms with Gasteiger partial charge >= 0.3 is 0 Å². The molecule has 5 nitrogen and oxygen atoms in total. The molecule has 0 saturated heterocycles. The topological polar surface area (TPSA) is 64.0 Å². The van der Waals surface area contributed by atoms with Crippen LogP contribution in [0.1, 0.15) is 16.7 Å². The van der Waals surface area contributed by atoms with Gasteiger partial charge in [0.15, 0.2) is 0 Å². The van der Waals surface area contributed by atoms with Gasteiger partial charge in [0.05, 0.1) is 22.4 Å². The highest BCUT2D eigenvalue weighted by Crippen LogP contribution is 2.32. The number of rotatable bonds is 5. The van der Waals surface area contributed by atoms with Crippen LogP contribution in [0, 0.1) is 13.8 Å². The van der Waals surface area contributed by atoms with Gasteiger partial charge in [-0.2, -0.15) is 0 Å². The lowest BCUT2D eigenvalue weighted by Crippen LogP contribution is -2.14. The summed E-state index contributed by atoms with van der Waals surface area (Å²) in [7, 11) is -3.91. The summed E-state index contributed by atoms with van der Waals surface area (Å²) in [6.07, 6.45) is 1.73. The van der Waals surface area contributed by atoms with Gasteiger partial charge in [-0.3, -0.25) is 4.72 Å². The average molecular weight is 460 g/mol. The number of hydrogen-bond acceptors (Lipinski definition) is 3. The molecule has 0 unspecified atom stereocenters. The molecule has 0 saturated carbocycles. The Kier molecular flexibility index (Phi) is 5.49. The molecule has 0 aliphatic rings. The molecule has 4 aromatic rings. The Balaban J connectivity index is 1.80. The third-order valence-electron chi connectivity index (χ3n) is 5.01. The molecule has 3 aromatic carbocycles. The smallest absolute Gasteiger partial charge is 0.262 e. The summed E-state index contributed by atoms with van der Waals surface area (Å²) in [6, 6.07) is 16.3. The fraction of sp³-hybridized carbons (Fsp3) is 0.136. The molecule has 0 fully saturated rings. The number of aryl methyl sites for hydroxylation is 1. The molecule has 0 atom stereocenters. The quantitative estimate of drug-likeness (QED) is 0.409. The summed E-state index contributed by atoms with van der Waals surface area (Å²) in [6.45, 7) is 4.45. The zero-order chi connectivity index (χ0) is 21.5. The highest BCUT2D eigenvalue weighted by molar-refractivity contribution is 7.92. The predicted molar refractivity (Wildman–Crippen MR) is 122 cm³/mol. The second-order valence-electron chi connectivity index (χ2n) is 7.13. The van der Waals surface area contributed by atoms with E-state index < -0.39 is 10.0 Å². The maximum Gasteiger partial charge on any atom is 0.262 e. The predicted octanol–water partition coefficient (Wildman–Crippen LogP) is 5.81. The van der Waals surface area contributed by atoms with E-state index in [9.17, 15) is 8.42 Å². The molecule has 1 N–H and O–H groups in total. The minimum absolute atomic E-state index is 0.00206. The first-order chi connectivity index (χ1) is 14.2. The van der Waals surface area contributed by atoms with E-state index in [1.165, 1.54) is 18.2 Å². The lowest BCUT2D eigenvalue weighted by Gasteiger charge is -2.14. The Morgan fingerprint density at radius 3 is 2.33 bits per heavy atom. The van der Waals surface area contributed by atoms with Crippen LogP contribution in [0.5, 0.6) is 0 Å². The Labute approximate surface area is 185 Å². The average Bonchev–Trinajstić information content (AvgIpc) is 3.07. The summed E-state index contributed by atoms with van der Waals surface area (Å²) in [5.74, 6) is 0. The van der Waals surface area contributed by atoms with Crippen LogP contribution in [0.25, 0.3) is 11.0 Å². The summed E-state index contributed by atoms with van der Waals surface area (Å²) in [5.41, 5.74) is 4.79. The van der Waals surface area contributed by atoms with Crippen molar-refractivity contribution in [2.24, 2.45) is 0 Å². The highest BCUT2D eigenvalue weighted by Gasteiger charge is 2.21. The molecule has 0 aliphatic heterocycles. The van der Waals surface area contributed by atoms with Crippen molar-refractivity contribution < 1.29 is 8.42 Å². The molecule has 0 aliphatic carbocycles. The van der Waals surface area contributed by atoms with E-state index in [1.54, 1.807) is 6.33 Å². The SMILES string of the molecule is Cc1cc2c(ncn2Cc2ccccc2)c(NS(=O)(=O)c2cc(Cl)cc(Cl)c2)c1C. The van der Waals surface area contributed by atoms with Crippen LogP contribution in [0.3, 0.4) is 0 Å². The van der Waals surface area contributed by atoms with Crippen molar-refractivity contribution in [3.05, 3.63) is 87.7 Å². The van der Waals surface area contributed by atoms with Gasteiger partial charge in [0, 0.05) is 16.6 Å². The number of sulfonamides is 1. The van der Waals surface area contributed by atoms with Crippen molar-refractivity contribution >= 4 is 49.9 Å². The van der Waals surface area contributed by atoms with Crippen LogP contribution < -0.4 is 4.72 Å². The Morgan fingerprint density at radius 2 is 1.67 bits per heavy atom. The fourth-order valence-electron chi connectivity index (χ4n) is 3.33. The second-order valence-corrected chi connectivity index (χ2v) is 9.69. The standard InChI is InChI=1S/C22H19Cl2N3O2S/c1-14-8-20-22(25-13-27(20)12-16-6-4-3-5-7-16)21(15(14)2)26-30(28,29)19-10-17(23)9-18(24)11-19/h3-11,13,26H,12H2,1-2H3. The van der Waals surface area contributed by atoms with E-state index in [2.05, 4.69) is 9.71 Å². The molecule has 0 bridgehead atoms. The molecule has 4 rings (SSSR count). The number of imidazole rings is 1. The van der Waals surface area contributed by atoms with Crippen molar-refractivity contribution in [3.63, 3.8) is 0 Å². The summed E-state index contributed by atoms with van der Waals surface area (Å²) < 4.78 is 30.8. The summed E-state index contributed by atoms with van der Waals surface area (Å²) >= 11 is 12.0. The molecule has 1 aromatic heterocycles. The van der Waals surface area contributed by atoms with Gasteiger partial charge in [-0.1, -0.05) is 53.5 Å². The monoisotopic (exact) mass is 459 g/mol. The fourth-order valence-corrected chi connectivity index (χ4v) is 5.19. The van der Waals surface area contributed by atoms with Crippen LogP contribution >= 0.6 is 23.2 Å². The molecular weight excluding hydrogens is 441 g/mol. The van der Waals surface area contributed by atoms with Gasteiger partial charge in [-0.25, -0.2) is 13.4 Å². The highest BCUT2D eigenvalue weighted by atomic mass is 35.5. The minimum atomic E-state index is -3.91. The molecule has 1 heterocycles. The molecular formula is C22H19Cl2N3O2S. The first-order valence-corrected chi connectivity index (χ1v) is 11.5. The van der Waals surface area contributed by atoms with Gasteiger partial charge in [0.25, 0.3) is 10.0 Å². The van der Waals surface area contributed by atoms with Gasteiger partial charge in [-0.15, -0.1) is 0 Å². The third kappa shape index (κ3) is 4.03. The Hall–Kier alpha value is -2.54. The largest absolute Gasteiger partial charge is 0.326 e. The maximum absolute atomic E-state index is 13.0. The van der Waals surface area contributed by atoms with Crippen LogP contribution in [-0.2, 0) is 16.6 Å². The molecule has 0 spiro atoms. The number of benzene rings is 3. The molecule has 154 valence electrons. The molecule has 30 heavy (non-hydrogen) atoms. The van der Waals surface area contributed by atoms with Gasteiger partial charge in [0.2, 0.25) is 0 Å². The van der Waals surface area contributed by atoms with Crippen molar-refractivity contribution in [2.75, 3.05) is 4.72 Å². The number of hydrogen-bond donors (Lipinski definition) is 1. The second kappa shape index (κ2) is 7.95. The van der Waals surface area contributed by atoms with E-state index >= 15 is 0 Å².